The summed E-state index contributed by atoms with van der Waals surface area (Å²) in [7, 11) is 0. The highest BCUT2D eigenvalue weighted by Gasteiger charge is 2.34. The van der Waals surface area contributed by atoms with E-state index in [1.807, 2.05) is 0 Å². The largest absolute Gasteiger partial charge is 0.381 e. The standard InChI is InChI=1S/C14H21NO/c1-10-4-5-12(8-11(10)2)14(3,15)13-6-7-16-9-13/h4-5,8,13H,6-7,9,15H2,1-3H3. The Morgan fingerprint density at radius 3 is 2.62 bits per heavy atom. The molecule has 0 bridgehead atoms. The Hall–Kier alpha value is -0.860. The fourth-order valence-electron chi connectivity index (χ4n) is 2.32. The Morgan fingerprint density at radius 2 is 2.06 bits per heavy atom. The Balaban J connectivity index is 2.30. The summed E-state index contributed by atoms with van der Waals surface area (Å²) in [4.78, 5) is 0. The molecule has 0 aliphatic carbocycles. The minimum Gasteiger partial charge on any atom is -0.381 e. The molecule has 1 aliphatic heterocycles. The van der Waals surface area contributed by atoms with Gasteiger partial charge in [-0.1, -0.05) is 18.2 Å². The fourth-order valence-corrected chi connectivity index (χ4v) is 2.32. The summed E-state index contributed by atoms with van der Waals surface area (Å²) in [6.07, 6.45) is 1.07. The number of rotatable bonds is 2. The van der Waals surface area contributed by atoms with E-state index in [1.165, 1.54) is 16.7 Å². The summed E-state index contributed by atoms with van der Waals surface area (Å²) in [6, 6.07) is 6.53. The predicted octanol–water partition coefficient (Wildman–Crippen LogP) is 2.51. The molecular weight excluding hydrogens is 198 g/mol. The Morgan fingerprint density at radius 1 is 1.31 bits per heavy atom. The first-order valence-corrected chi connectivity index (χ1v) is 5.96. The molecule has 2 rings (SSSR count). The lowest BCUT2D eigenvalue weighted by Crippen LogP contribution is -2.41. The molecule has 1 aromatic carbocycles. The van der Waals surface area contributed by atoms with E-state index in [1.54, 1.807) is 0 Å². The molecule has 0 radical (unpaired) electrons. The first-order chi connectivity index (χ1) is 7.51. The summed E-state index contributed by atoms with van der Waals surface area (Å²) < 4.78 is 5.44. The normalized spacial score (nSPS) is 24.4. The van der Waals surface area contributed by atoms with Gasteiger partial charge in [0.2, 0.25) is 0 Å². The van der Waals surface area contributed by atoms with E-state index in [2.05, 4.69) is 39.0 Å². The highest BCUT2D eigenvalue weighted by molar-refractivity contribution is 5.34. The lowest BCUT2D eigenvalue weighted by molar-refractivity contribution is 0.166. The minimum absolute atomic E-state index is 0.269. The van der Waals surface area contributed by atoms with Crippen LogP contribution in [0.25, 0.3) is 0 Å². The number of aryl methyl sites for hydroxylation is 2. The first kappa shape index (κ1) is 11.6. The van der Waals surface area contributed by atoms with Gasteiger partial charge in [-0.3, -0.25) is 0 Å². The maximum Gasteiger partial charge on any atom is 0.0515 e. The molecule has 1 heterocycles. The van der Waals surface area contributed by atoms with Crippen molar-refractivity contribution in [1.82, 2.24) is 0 Å². The van der Waals surface area contributed by atoms with Crippen LogP contribution in [0.4, 0.5) is 0 Å². The Labute approximate surface area is 97.8 Å². The van der Waals surface area contributed by atoms with E-state index >= 15 is 0 Å². The number of hydrogen-bond acceptors (Lipinski definition) is 2. The van der Waals surface area contributed by atoms with Crippen LogP contribution >= 0.6 is 0 Å². The molecule has 1 fully saturated rings. The molecule has 1 aliphatic rings. The van der Waals surface area contributed by atoms with Gasteiger partial charge in [-0.05, 0) is 43.9 Å². The van der Waals surface area contributed by atoms with Gasteiger partial charge in [-0.25, -0.2) is 0 Å². The third-order valence-corrected chi connectivity index (χ3v) is 3.91. The van der Waals surface area contributed by atoms with Crippen molar-refractivity contribution in [2.24, 2.45) is 11.7 Å². The molecule has 0 saturated carbocycles. The van der Waals surface area contributed by atoms with E-state index < -0.39 is 0 Å². The highest BCUT2D eigenvalue weighted by Crippen LogP contribution is 2.33. The van der Waals surface area contributed by atoms with Gasteiger partial charge in [0.25, 0.3) is 0 Å². The summed E-state index contributed by atoms with van der Waals surface area (Å²) >= 11 is 0. The zero-order valence-electron chi connectivity index (χ0n) is 10.4. The second-order valence-electron chi connectivity index (χ2n) is 5.14. The molecule has 2 unspecified atom stereocenters. The lowest BCUT2D eigenvalue weighted by Gasteiger charge is -2.31. The zero-order valence-corrected chi connectivity index (χ0v) is 10.4. The van der Waals surface area contributed by atoms with Gasteiger partial charge in [-0.2, -0.15) is 0 Å². The van der Waals surface area contributed by atoms with E-state index in [4.69, 9.17) is 10.5 Å². The molecule has 88 valence electrons. The van der Waals surface area contributed by atoms with Crippen LogP contribution in [-0.2, 0) is 10.3 Å². The van der Waals surface area contributed by atoms with Gasteiger partial charge >= 0.3 is 0 Å². The number of ether oxygens (including phenoxy) is 1. The number of hydrogen-bond donors (Lipinski definition) is 1. The van der Waals surface area contributed by atoms with Crippen LogP contribution in [0.15, 0.2) is 18.2 Å². The average Bonchev–Trinajstić information content (AvgIpc) is 2.75. The summed E-state index contributed by atoms with van der Waals surface area (Å²) in [5.41, 5.74) is 10.1. The van der Waals surface area contributed by atoms with Gasteiger partial charge in [-0.15, -0.1) is 0 Å². The van der Waals surface area contributed by atoms with Crippen LogP contribution in [0.2, 0.25) is 0 Å². The second-order valence-corrected chi connectivity index (χ2v) is 5.14. The molecular formula is C14H21NO. The topological polar surface area (TPSA) is 35.2 Å². The molecule has 16 heavy (non-hydrogen) atoms. The van der Waals surface area contributed by atoms with E-state index in [0.29, 0.717) is 5.92 Å². The molecule has 2 nitrogen and oxygen atoms in total. The van der Waals surface area contributed by atoms with Gasteiger partial charge in [0.15, 0.2) is 0 Å². The zero-order chi connectivity index (χ0) is 11.8. The lowest BCUT2D eigenvalue weighted by atomic mass is 9.79. The van der Waals surface area contributed by atoms with E-state index in [0.717, 1.165) is 19.6 Å². The monoisotopic (exact) mass is 219 g/mol. The van der Waals surface area contributed by atoms with Crippen LogP contribution in [-0.4, -0.2) is 13.2 Å². The van der Waals surface area contributed by atoms with Crippen LogP contribution in [0.3, 0.4) is 0 Å². The molecule has 0 amide bonds. The van der Waals surface area contributed by atoms with Gasteiger partial charge in [0, 0.05) is 18.1 Å². The third-order valence-electron chi connectivity index (χ3n) is 3.91. The van der Waals surface area contributed by atoms with Gasteiger partial charge in [0.05, 0.1) is 6.61 Å². The summed E-state index contributed by atoms with van der Waals surface area (Å²) in [6.45, 7) is 8.03. The Bertz CT molecular complexity index is 378. The van der Waals surface area contributed by atoms with Gasteiger partial charge in [0.1, 0.15) is 0 Å². The maximum atomic E-state index is 6.48. The second kappa shape index (κ2) is 4.19. The average molecular weight is 219 g/mol. The third kappa shape index (κ3) is 2.00. The minimum atomic E-state index is -0.269. The van der Waals surface area contributed by atoms with Crippen molar-refractivity contribution in [1.29, 1.82) is 0 Å². The smallest absolute Gasteiger partial charge is 0.0515 e. The molecule has 1 saturated heterocycles. The van der Waals surface area contributed by atoms with Gasteiger partial charge < -0.3 is 10.5 Å². The summed E-state index contributed by atoms with van der Waals surface area (Å²) in [5.74, 6) is 0.439. The predicted molar refractivity (Wildman–Crippen MR) is 66.4 cm³/mol. The molecule has 1 aromatic rings. The van der Waals surface area contributed by atoms with Crippen molar-refractivity contribution in [3.8, 4) is 0 Å². The van der Waals surface area contributed by atoms with Crippen molar-refractivity contribution in [3.63, 3.8) is 0 Å². The van der Waals surface area contributed by atoms with Crippen molar-refractivity contribution >= 4 is 0 Å². The van der Waals surface area contributed by atoms with Crippen molar-refractivity contribution < 1.29 is 4.74 Å². The van der Waals surface area contributed by atoms with Crippen LogP contribution in [0.1, 0.15) is 30.0 Å². The maximum absolute atomic E-state index is 6.48. The molecule has 2 heteroatoms. The van der Waals surface area contributed by atoms with Crippen LogP contribution in [0.5, 0.6) is 0 Å². The van der Waals surface area contributed by atoms with Crippen molar-refractivity contribution in [3.05, 3.63) is 34.9 Å². The van der Waals surface area contributed by atoms with Crippen molar-refractivity contribution in [2.75, 3.05) is 13.2 Å². The summed E-state index contributed by atoms with van der Waals surface area (Å²) in [5, 5.41) is 0. The van der Waals surface area contributed by atoms with Crippen molar-refractivity contribution in [2.45, 2.75) is 32.7 Å². The molecule has 0 aromatic heterocycles. The first-order valence-electron chi connectivity index (χ1n) is 5.96. The number of nitrogens with two attached hydrogens (primary N) is 1. The van der Waals surface area contributed by atoms with E-state index in [-0.39, 0.29) is 5.54 Å². The number of benzene rings is 1. The SMILES string of the molecule is Cc1ccc(C(C)(N)C2CCOC2)cc1C. The molecule has 0 spiro atoms. The Kier molecular flexibility index (Phi) is 3.04. The fraction of sp³-hybridized carbons (Fsp3) is 0.571. The quantitative estimate of drug-likeness (QED) is 0.829. The van der Waals surface area contributed by atoms with Crippen LogP contribution < -0.4 is 5.73 Å². The molecule has 2 atom stereocenters. The van der Waals surface area contributed by atoms with E-state index in [9.17, 15) is 0 Å². The van der Waals surface area contributed by atoms with Crippen LogP contribution in [0, 0.1) is 19.8 Å². The molecule has 2 N–H and O–H groups in total. The highest BCUT2D eigenvalue weighted by atomic mass is 16.5.